The fraction of sp³-hybridized carbons (Fsp3) is 0.312. The molecule has 3 nitrogen and oxygen atoms in total. The molecule has 1 aromatic carbocycles. The molecule has 0 N–H and O–H groups in total. The van der Waals surface area contributed by atoms with Crippen LogP contribution in [-0.2, 0) is 5.41 Å². The van der Waals surface area contributed by atoms with Gasteiger partial charge in [-0.05, 0) is 18.4 Å². The van der Waals surface area contributed by atoms with Crippen LogP contribution in [0.3, 0.4) is 0 Å². The van der Waals surface area contributed by atoms with E-state index in [4.69, 9.17) is 0 Å². The van der Waals surface area contributed by atoms with Gasteiger partial charge in [-0.1, -0.05) is 44.2 Å². The Bertz CT molecular complexity index is 533. The summed E-state index contributed by atoms with van der Waals surface area (Å²) in [5.74, 6) is 0.101. The number of nitrogens with zero attached hydrogens (tertiary/aromatic N) is 2. The van der Waals surface area contributed by atoms with E-state index in [2.05, 4.69) is 23.8 Å². The first-order chi connectivity index (χ1) is 9.24. The highest BCUT2D eigenvalue weighted by Crippen LogP contribution is 2.34. The van der Waals surface area contributed by atoms with E-state index in [1.165, 1.54) is 6.33 Å². The fourth-order valence-corrected chi connectivity index (χ4v) is 2.56. The average molecular weight is 254 g/mol. The number of Topliss-reactive ketones (excluding diaryl/α,β-unsaturated/α-hetero) is 1. The molecule has 0 aliphatic rings. The molecule has 0 radical (unpaired) electrons. The third-order valence-electron chi connectivity index (χ3n) is 3.79. The van der Waals surface area contributed by atoms with E-state index in [9.17, 15) is 4.79 Å². The zero-order valence-corrected chi connectivity index (χ0v) is 11.3. The molecule has 0 amide bonds. The van der Waals surface area contributed by atoms with Crippen molar-refractivity contribution in [1.82, 2.24) is 9.97 Å². The van der Waals surface area contributed by atoms with Crippen LogP contribution in [0.15, 0.2) is 49.1 Å². The molecule has 0 saturated heterocycles. The molecule has 2 rings (SSSR count). The highest BCUT2D eigenvalue weighted by atomic mass is 16.1. The fourth-order valence-electron chi connectivity index (χ4n) is 2.56. The van der Waals surface area contributed by atoms with Crippen molar-refractivity contribution in [2.24, 2.45) is 0 Å². The van der Waals surface area contributed by atoms with Crippen molar-refractivity contribution in [3.8, 4) is 0 Å². The van der Waals surface area contributed by atoms with E-state index in [0.29, 0.717) is 5.56 Å². The molecular formula is C16H18N2O. The van der Waals surface area contributed by atoms with Crippen LogP contribution in [0.2, 0.25) is 0 Å². The maximum absolute atomic E-state index is 12.8. The normalized spacial score (nSPS) is 11.3. The molecule has 0 fully saturated rings. The minimum absolute atomic E-state index is 0.101. The summed E-state index contributed by atoms with van der Waals surface area (Å²) >= 11 is 0. The summed E-state index contributed by atoms with van der Waals surface area (Å²) in [7, 11) is 0. The van der Waals surface area contributed by atoms with Crippen molar-refractivity contribution >= 4 is 5.78 Å². The number of carbonyl (C=O) groups is 1. The number of benzene rings is 1. The lowest BCUT2D eigenvalue weighted by Crippen LogP contribution is -2.35. The van der Waals surface area contributed by atoms with Crippen LogP contribution in [0.25, 0.3) is 0 Å². The van der Waals surface area contributed by atoms with Gasteiger partial charge >= 0.3 is 0 Å². The molecule has 0 spiro atoms. The average Bonchev–Trinajstić information content (AvgIpc) is 2.51. The van der Waals surface area contributed by atoms with E-state index < -0.39 is 5.41 Å². The van der Waals surface area contributed by atoms with Gasteiger partial charge in [-0.25, -0.2) is 9.97 Å². The van der Waals surface area contributed by atoms with Crippen molar-refractivity contribution < 1.29 is 4.79 Å². The second-order valence-electron chi connectivity index (χ2n) is 4.61. The maximum Gasteiger partial charge on any atom is 0.176 e. The lowest BCUT2D eigenvalue weighted by molar-refractivity contribution is 0.0872. The van der Waals surface area contributed by atoms with Gasteiger partial charge in [-0.15, -0.1) is 0 Å². The molecule has 0 aliphatic carbocycles. The summed E-state index contributed by atoms with van der Waals surface area (Å²) < 4.78 is 0. The molecular weight excluding hydrogens is 236 g/mol. The predicted molar refractivity (Wildman–Crippen MR) is 75.1 cm³/mol. The zero-order valence-electron chi connectivity index (χ0n) is 11.3. The molecule has 3 heteroatoms. The van der Waals surface area contributed by atoms with Crippen molar-refractivity contribution in [1.29, 1.82) is 0 Å². The number of hydrogen-bond donors (Lipinski definition) is 0. The number of aromatic nitrogens is 2. The minimum atomic E-state index is -0.480. The van der Waals surface area contributed by atoms with Gasteiger partial charge in [0.2, 0.25) is 0 Å². The summed E-state index contributed by atoms with van der Waals surface area (Å²) in [5, 5.41) is 0. The van der Waals surface area contributed by atoms with Crippen molar-refractivity contribution in [2.45, 2.75) is 32.1 Å². The standard InChI is InChI=1S/C16H18N2O/c1-3-16(4-2,14-8-6-5-7-9-14)15(19)13-10-17-12-18-11-13/h5-12H,3-4H2,1-2H3. The summed E-state index contributed by atoms with van der Waals surface area (Å²) in [5.41, 5.74) is 1.16. The molecule has 98 valence electrons. The Labute approximate surface area is 113 Å². The Morgan fingerprint density at radius 3 is 2.16 bits per heavy atom. The first-order valence-corrected chi connectivity index (χ1v) is 6.60. The van der Waals surface area contributed by atoms with Gasteiger partial charge in [0.15, 0.2) is 5.78 Å². The highest BCUT2D eigenvalue weighted by molar-refractivity contribution is 6.03. The van der Waals surface area contributed by atoms with E-state index >= 15 is 0 Å². The maximum atomic E-state index is 12.8. The van der Waals surface area contributed by atoms with E-state index in [0.717, 1.165) is 18.4 Å². The molecule has 0 unspecified atom stereocenters. The number of ketones is 1. The number of carbonyl (C=O) groups excluding carboxylic acids is 1. The zero-order chi connectivity index (χ0) is 13.7. The van der Waals surface area contributed by atoms with Crippen molar-refractivity contribution in [2.75, 3.05) is 0 Å². The highest BCUT2D eigenvalue weighted by Gasteiger charge is 2.37. The molecule has 2 aromatic rings. The first kappa shape index (κ1) is 13.4. The van der Waals surface area contributed by atoms with Gasteiger partial charge in [0.25, 0.3) is 0 Å². The van der Waals surface area contributed by atoms with Crippen molar-refractivity contribution in [3.05, 3.63) is 60.2 Å². The van der Waals surface area contributed by atoms with Gasteiger partial charge in [-0.3, -0.25) is 4.79 Å². The largest absolute Gasteiger partial charge is 0.293 e. The van der Waals surface area contributed by atoms with E-state index in [-0.39, 0.29) is 5.78 Å². The third kappa shape index (κ3) is 2.41. The van der Waals surface area contributed by atoms with Gasteiger partial charge in [0, 0.05) is 12.4 Å². The summed E-state index contributed by atoms with van der Waals surface area (Å²) in [6.45, 7) is 4.11. The number of rotatable bonds is 5. The molecule has 0 saturated carbocycles. The Morgan fingerprint density at radius 1 is 1.05 bits per heavy atom. The summed E-state index contributed by atoms with van der Waals surface area (Å²) in [4.78, 5) is 20.7. The lowest BCUT2D eigenvalue weighted by atomic mass is 9.71. The van der Waals surface area contributed by atoms with Crippen molar-refractivity contribution in [3.63, 3.8) is 0 Å². The van der Waals surface area contributed by atoms with Crippen LogP contribution < -0.4 is 0 Å². The molecule has 0 bridgehead atoms. The molecule has 1 aromatic heterocycles. The quantitative estimate of drug-likeness (QED) is 0.768. The SMILES string of the molecule is CCC(CC)(C(=O)c1cncnc1)c1ccccc1. The van der Waals surface area contributed by atoms with Gasteiger partial charge < -0.3 is 0 Å². The Kier molecular flexibility index (Phi) is 4.05. The Balaban J connectivity index is 2.49. The predicted octanol–water partition coefficient (Wildman–Crippen LogP) is 3.42. The van der Waals surface area contributed by atoms with Gasteiger partial charge in [-0.2, -0.15) is 0 Å². The molecule has 1 heterocycles. The van der Waals surface area contributed by atoms with Crippen LogP contribution in [0, 0.1) is 0 Å². The van der Waals surface area contributed by atoms with E-state index in [1.807, 2.05) is 30.3 Å². The van der Waals surface area contributed by atoms with Crippen LogP contribution in [0.4, 0.5) is 0 Å². The van der Waals surface area contributed by atoms with Gasteiger partial charge in [0.05, 0.1) is 11.0 Å². The molecule has 0 aliphatic heterocycles. The third-order valence-corrected chi connectivity index (χ3v) is 3.79. The minimum Gasteiger partial charge on any atom is -0.293 e. The van der Waals surface area contributed by atoms with Crippen LogP contribution in [0.5, 0.6) is 0 Å². The second-order valence-corrected chi connectivity index (χ2v) is 4.61. The topological polar surface area (TPSA) is 42.9 Å². The Morgan fingerprint density at radius 2 is 1.63 bits per heavy atom. The van der Waals surface area contributed by atoms with Crippen LogP contribution in [-0.4, -0.2) is 15.8 Å². The van der Waals surface area contributed by atoms with E-state index in [1.54, 1.807) is 12.4 Å². The Hall–Kier alpha value is -2.03. The van der Waals surface area contributed by atoms with Crippen LogP contribution >= 0.6 is 0 Å². The summed E-state index contributed by atoms with van der Waals surface area (Å²) in [6.07, 6.45) is 6.16. The smallest absolute Gasteiger partial charge is 0.176 e. The number of hydrogen-bond acceptors (Lipinski definition) is 3. The molecule has 0 atom stereocenters. The lowest BCUT2D eigenvalue weighted by Gasteiger charge is -2.30. The molecule has 19 heavy (non-hydrogen) atoms. The summed E-state index contributed by atoms with van der Waals surface area (Å²) in [6, 6.07) is 9.97. The van der Waals surface area contributed by atoms with Crippen LogP contribution in [0.1, 0.15) is 42.6 Å². The monoisotopic (exact) mass is 254 g/mol. The first-order valence-electron chi connectivity index (χ1n) is 6.60. The second kappa shape index (κ2) is 5.74. The van der Waals surface area contributed by atoms with Gasteiger partial charge in [0.1, 0.15) is 6.33 Å².